The number of hydrogen-bond donors (Lipinski definition) is 0. The molecule has 3 aromatic carbocycles. The SMILES string of the molecule is CCOc1ccccc1N(CC(=O)N1CCN(C/C=C/c2ccccc2)CC1)S(=O)(=O)c1ccc(C)cc1. The van der Waals surface area contributed by atoms with Gasteiger partial charge in [0, 0.05) is 32.7 Å². The van der Waals surface area contributed by atoms with Crippen molar-refractivity contribution < 1.29 is 17.9 Å². The monoisotopic (exact) mass is 533 g/mol. The molecule has 1 heterocycles. The van der Waals surface area contributed by atoms with Gasteiger partial charge in [-0.05, 0) is 43.7 Å². The minimum Gasteiger partial charge on any atom is -0.492 e. The fraction of sp³-hybridized carbons (Fsp3) is 0.300. The number of nitrogens with zero attached hydrogens (tertiary/aromatic N) is 3. The summed E-state index contributed by atoms with van der Waals surface area (Å²) in [5.41, 5.74) is 2.47. The van der Waals surface area contributed by atoms with Crippen LogP contribution >= 0.6 is 0 Å². The third-order valence-electron chi connectivity index (χ3n) is 6.52. The van der Waals surface area contributed by atoms with Gasteiger partial charge < -0.3 is 9.64 Å². The van der Waals surface area contributed by atoms with Crippen LogP contribution in [0.15, 0.2) is 89.8 Å². The number of para-hydroxylation sites is 2. The first-order valence-electron chi connectivity index (χ1n) is 12.9. The molecule has 0 N–H and O–H groups in total. The molecule has 1 aliphatic rings. The van der Waals surface area contributed by atoms with Crippen molar-refractivity contribution in [3.8, 4) is 5.75 Å². The van der Waals surface area contributed by atoms with Crippen LogP contribution in [0, 0.1) is 6.92 Å². The van der Waals surface area contributed by atoms with E-state index in [1.807, 2.05) is 32.0 Å². The third-order valence-corrected chi connectivity index (χ3v) is 8.29. The number of sulfonamides is 1. The molecule has 1 amide bonds. The zero-order valence-electron chi connectivity index (χ0n) is 22.0. The van der Waals surface area contributed by atoms with E-state index in [1.54, 1.807) is 53.4 Å². The number of carbonyl (C=O) groups excluding carboxylic acids is 1. The predicted octanol–water partition coefficient (Wildman–Crippen LogP) is 4.45. The standard InChI is InChI=1S/C30H35N3O4S/c1-3-37-29-14-8-7-13-28(29)33(38(35,36)27-17-15-25(2)16-18-27)24-30(34)32-22-20-31(21-23-32)19-9-12-26-10-5-4-6-11-26/h4-18H,3,19-24H2,1-2H3/b12-9+. The van der Waals surface area contributed by atoms with Crippen LogP contribution in [0.3, 0.4) is 0 Å². The van der Waals surface area contributed by atoms with Gasteiger partial charge in [-0.3, -0.25) is 14.0 Å². The van der Waals surface area contributed by atoms with E-state index in [1.165, 1.54) is 4.31 Å². The number of piperazine rings is 1. The van der Waals surface area contributed by atoms with Crippen molar-refractivity contribution in [2.24, 2.45) is 0 Å². The van der Waals surface area contributed by atoms with Gasteiger partial charge in [0.05, 0.1) is 17.2 Å². The maximum Gasteiger partial charge on any atom is 0.264 e. The number of amides is 1. The Bertz CT molecular complexity index is 1330. The van der Waals surface area contributed by atoms with Gasteiger partial charge in [0.25, 0.3) is 10.0 Å². The van der Waals surface area contributed by atoms with Crippen LogP contribution in [0.5, 0.6) is 5.75 Å². The summed E-state index contributed by atoms with van der Waals surface area (Å²) in [6.07, 6.45) is 4.23. The molecule has 0 saturated carbocycles. The summed E-state index contributed by atoms with van der Waals surface area (Å²) in [5.74, 6) is 0.194. The summed E-state index contributed by atoms with van der Waals surface area (Å²) in [7, 11) is -4.01. The number of carbonyl (C=O) groups is 1. The number of anilines is 1. The second-order valence-electron chi connectivity index (χ2n) is 9.22. The lowest BCUT2D eigenvalue weighted by Gasteiger charge is -2.35. The molecule has 0 atom stereocenters. The average molecular weight is 534 g/mol. The van der Waals surface area contributed by atoms with E-state index in [2.05, 4.69) is 29.2 Å². The molecular weight excluding hydrogens is 498 g/mol. The zero-order valence-corrected chi connectivity index (χ0v) is 22.8. The lowest BCUT2D eigenvalue weighted by molar-refractivity contribution is -0.131. The predicted molar refractivity (Wildman–Crippen MR) is 152 cm³/mol. The second-order valence-corrected chi connectivity index (χ2v) is 11.1. The topological polar surface area (TPSA) is 70.2 Å². The Morgan fingerprint density at radius 1 is 0.921 bits per heavy atom. The lowest BCUT2D eigenvalue weighted by atomic mass is 10.2. The summed E-state index contributed by atoms with van der Waals surface area (Å²) in [6.45, 7) is 7.17. The molecule has 0 unspecified atom stereocenters. The molecule has 200 valence electrons. The maximum absolute atomic E-state index is 13.8. The Hall–Kier alpha value is -3.62. The van der Waals surface area contributed by atoms with E-state index >= 15 is 0 Å². The van der Waals surface area contributed by atoms with Gasteiger partial charge in [0.2, 0.25) is 5.91 Å². The van der Waals surface area contributed by atoms with Crippen molar-refractivity contribution in [3.63, 3.8) is 0 Å². The third kappa shape index (κ3) is 6.82. The maximum atomic E-state index is 13.8. The molecule has 1 aliphatic heterocycles. The molecule has 3 aromatic rings. The van der Waals surface area contributed by atoms with Crippen LogP contribution in [-0.4, -0.2) is 70.0 Å². The Morgan fingerprint density at radius 3 is 2.26 bits per heavy atom. The van der Waals surface area contributed by atoms with Gasteiger partial charge in [-0.1, -0.05) is 72.3 Å². The molecule has 1 fully saturated rings. The summed E-state index contributed by atoms with van der Waals surface area (Å²) in [5, 5.41) is 0. The highest BCUT2D eigenvalue weighted by Crippen LogP contribution is 2.32. The van der Waals surface area contributed by atoms with E-state index in [-0.39, 0.29) is 17.3 Å². The Kier molecular flexibility index (Phi) is 9.20. The van der Waals surface area contributed by atoms with Crippen LogP contribution in [-0.2, 0) is 14.8 Å². The number of aryl methyl sites for hydroxylation is 1. The fourth-order valence-electron chi connectivity index (χ4n) is 4.38. The van der Waals surface area contributed by atoms with Crippen LogP contribution in [0.2, 0.25) is 0 Å². The van der Waals surface area contributed by atoms with Crippen LogP contribution in [0.4, 0.5) is 5.69 Å². The molecular formula is C30H35N3O4S. The second kappa shape index (κ2) is 12.8. The quantitative estimate of drug-likeness (QED) is 0.385. The molecule has 0 bridgehead atoms. The first kappa shape index (κ1) is 27.4. The van der Waals surface area contributed by atoms with Crippen molar-refractivity contribution in [1.82, 2.24) is 9.80 Å². The van der Waals surface area contributed by atoms with Crippen LogP contribution in [0.1, 0.15) is 18.1 Å². The first-order chi connectivity index (χ1) is 18.4. The van der Waals surface area contributed by atoms with Gasteiger partial charge in [-0.2, -0.15) is 0 Å². The van der Waals surface area contributed by atoms with E-state index in [0.717, 1.165) is 30.8 Å². The zero-order chi connectivity index (χ0) is 27.0. The van der Waals surface area contributed by atoms with Crippen molar-refractivity contribution in [2.75, 3.05) is 50.2 Å². The Morgan fingerprint density at radius 2 is 1.58 bits per heavy atom. The molecule has 38 heavy (non-hydrogen) atoms. The highest BCUT2D eigenvalue weighted by atomic mass is 32.2. The summed E-state index contributed by atoms with van der Waals surface area (Å²) < 4.78 is 34.5. The minimum atomic E-state index is -4.01. The first-order valence-corrected chi connectivity index (χ1v) is 14.4. The molecule has 0 spiro atoms. The van der Waals surface area contributed by atoms with Gasteiger partial charge in [0.15, 0.2) is 0 Å². The van der Waals surface area contributed by atoms with Gasteiger partial charge in [0.1, 0.15) is 12.3 Å². The number of ether oxygens (including phenoxy) is 1. The highest BCUT2D eigenvalue weighted by molar-refractivity contribution is 7.92. The Labute approximate surface area is 226 Å². The molecule has 0 radical (unpaired) electrons. The molecule has 0 aliphatic carbocycles. The number of benzene rings is 3. The normalized spacial score (nSPS) is 14.5. The van der Waals surface area contributed by atoms with Crippen molar-refractivity contribution in [1.29, 1.82) is 0 Å². The largest absolute Gasteiger partial charge is 0.492 e. The molecule has 0 aromatic heterocycles. The summed E-state index contributed by atoms with van der Waals surface area (Å²) >= 11 is 0. The Balaban J connectivity index is 1.47. The van der Waals surface area contributed by atoms with Crippen LogP contribution < -0.4 is 9.04 Å². The van der Waals surface area contributed by atoms with Gasteiger partial charge in [-0.25, -0.2) is 8.42 Å². The van der Waals surface area contributed by atoms with E-state index < -0.39 is 10.0 Å². The van der Waals surface area contributed by atoms with Crippen molar-refractivity contribution >= 4 is 27.7 Å². The van der Waals surface area contributed by atoms with Gasteiger partial charge >= 0.3 is 0 Å². The van der Waals surface area contributed by atoms with Gasteiger partial charge in [-0.15, -0.1) is 0 Å². The smallest absolute Gasteiger partial charge is 0.264 e. The lowest BCUT2D eigenvalue weighted by Crippen LogP contribution is -2.51. The minimum absolute atomic E-state index is 0.136. The average Bonchev–Trinajstić information content (AvgIpc) is 2.93. The van der Waals surface area contributed by atoms with E-state index in [4.69, 9.17) is 4.74 Å². The number of hydrogen-bond acceptors (Lipinski definition) is 5. The van der Waals surface area contributed by atoms with Crippen LogP contribution in [0.25, 0.3) is 6.08 Å². The van der Waals surface area contributed by atoms with Crippen molar-refractivity contribution in [3.05, 3.63) is 96.1 Å². The molecule has 8 heteroatoms. The molecule has 1 saturated heterocycles. The van der Waals surface area contributed by atoms with E-state index in [9.17, 15) is 13.2 Å². The highest BCUT2D eigenvalue weighted by Gasteiger charge is 2.31. The summed E-state index contributed by atoms with van der Waals surface area (Å²) in [6, 6.07) is 23.8. The molecule has 4 rings (SSSR count). The van der Waals surface area contributed by atoms with E-state index in [0.29, 0.717) is 31.1 Å². The number of rotatable bonds is 10. The molecule has 7 nitrogen and oxygen atoms in total. The van der Waals surface area contributed by atoms with Crippen molar-refractivity contribution in [2.45, 2.75) is 18.7 Å². The fourth-order valence-corrected chi connectivity index (χ4v) is 5.81. The summed E-state index contributed by atoms with van der Waals surface area (Å²) in [4.78, 5) is 17.6.